The van der Waals surface area contributed by atoms with Crippen molar-refractivity contribution in [3.8, 4) is 11.1 Å². The van der Waals surface area contributed by atoms with E-state index in [1.54, 1.807) is 6.92 Å². The van der Waals surface area contributed by atoms with Crippen molar-refractivity contribution < 1.29 is 32.0 Å². The number of hydrogen-bond donors (Lipinski definition) is 0. The molecule has 9 heteroatoms. The fourth-order valence-corrected chi connectivity index (χ4v) is 4.52. The van der Waals surface area contributed by atoms with Gasteiger partial charge in [0.25, 0.3) is 0 Å². The normalized spacial score (nSPS) is 12.6. The Bertz CT molecular complexity index is 1250. The molecule has 0 radical (unpaired) electrons. The second kappa shape index (κ2) is 9.48. The van der Waals surface area contributed by atoms with Gasteiger partial charge in [-0.15, -0.1) is 5.46 Å². The van der Waals surface area contributed by atoms with Crippen LogP contribution in [0.4, 0.5) is 23.4 Å². The van der Waals surface area contributed by atoms with Crippen LogP contribution in [0, 0.1) is 6.92 Å². The molecule has 0 fully saturated rings. The van der Waals surface area contributed by atoms with Gasteiger partial charge in [-0.2, -0.15) is 0 Å². The fraction of sp³-hybridized carbons (Fsp3) is 0.231. The van der Waals surface area contributed by atoms with E-state index in [4.69, 9.17) is 4.74 Å². The van der Waals surface area contributed by atoms with Gasteiger partial charge in [-0.1, -0.05) is 60.7 Å². The highest BCUT2D eigenvalue weighted by atomic mass is 19.4. The molecule has 0 saturated heterocycles. The van der Waals surface area contributed by atoms with E-state index in [0.29, 0.717) is 5.56 Å². The fourth-order valence-electron chi connectivity index (χ4n) is 4.52. The van der Waals surface area contributed by atoms with E-state index in [2.05, 4.69) is 4.74 Å². The highest BCUT2D eigenvalue weighted by Crippen LogP contribution is 2.44. The van der Waals surface area contributed by atoms with Gasteiger partial charge in [-0.25, -0.2) is 4.79 Å². The van der Waals surface area contributed by atoms with Crippen LogP contribution in [0.15, 0.2) is 60.7 Å². The topological polar surface area (TPSA) is 55.8 Å². The van der Waals surface area contributed by atoms with Crippen molar-refractivity contribution in [2.24, 2.45) is 0 Å². The highest BCUT2D eigenvalue weighted by molar-refractivity contribution is 6.73. The van der Waals surface area contributed by atoms with Gasteiger partial charge in [0, 0.05) is 18.7 Å². The molecule has 0 N–H and O–H groups in total. The van der Waals surface area contributed by atoms with Crippen molar-refractivity contribution in [3.63, 3.8) is 0 Å². The Kier molecular flexibility index (Phi) is 6.61. The second-order valence-corrected chi connectivity index (χ2v) is 8.51. The number of rotatable bonds is 6. The monoisotopic (exact) mass is 482 g/mol. The van der Waals surface area contributed by atoms with Crippen molar-refractivity contribution in [1.82, 2.24) is 0 Å². The number of anilines is 1. The number of halogens is 3. The van der Waals surface area contributed by atoms with E-state index >= 15 is 0 Å². The van der Waals surface area contributed by atoms with Gasteiger partial charge in [0.15, 0.2) is 0 Å². The molecular formula is C26H24BF3NO4-. The van der Waals surface area contributed by atoms with Gasteiger partial charge in [0.1, 0.15) is 6.61 Å². The van der Waals surface area contributed by atoms with Crippen molar-refractivity contribution >= 4 is 30.2 Å². The molecule has 0 unspecified atom stereocenters. The predicted molar refractivity (Wildman–Crippen MR) is 129 cm³/mol. The molecule has 0 heterocycles. The molecule has 0 bridgehead atoms. The van der Waals surface area contributed by atoms with Gasteiger partial charge in [-0.3, -0.25) is 9.69 Å². The molecule has 0 spiro atoms. The van der Waals surface area contributed by atoms with E-state index in [0.717, 1.165) is 39.3 Å². The SMILES string of the molecule is COC(=O)Cc1cc([B-](F)(F)F)cc(N(C)C(=O)OCC2c3ccccc3-c3ccccc32)c1C. The predicted octanol–water partition coefficient (Wildman–Crippen LogP) is 5.15. The molecular weight excluding hydrogens is 458 g/mol. The first-order valence-corrected chi connectivity index (χ1v) is 11.1. The lowest BCUT2D eigenvalue weighted by Gasteiger charge is -2.25. The number of hydrogen-bond acceptors (Lipinski definition) is 4. The minimum absolute atomic E-state index is 0.0258. The summed E-state index contributed by atoms with van der Waals surface area (Å²) in [5.74, 6) is -0.852. The lowest BCUT2D eigenvalue weighted by molar-refractivity contribution is -0.139. The van der Waals surface area contributed by atoms with Gasteiger partial charge in [-0.05, 0) is 40.3 Å². The Morgan fingerprint density at radius 1 is 0.971 bits per heavy atom. The minimum atomic E-state index is -5.36. The summed E-state index contributed by atoms with van der Waals surface area (Å²) in [6, 6.07) is 17.6. The first kappa shape index (κ1) is 24.4. The summed E-state index contributed by atoms with van der Waals surface area (Å²) in [5.41, 5.74) is 3.84. The quantitative estimate of drug-likeness (QED) is 0.360. The molecule has 0 aromatic heterocycles. The average molecular weight is 482 g/mol. The van der Waals surface area contributed by atoms with Crippen LogP contribution in [-0.2, 0) is 20.7 Å². The van der Waals surface area contributed by atoms with Gasteiger partial charge < -0.3 is 22.4 Å². The van der Waals surface area contributed by atoms with Crippen LogP contribution in [0.2, 0.25) is 0 Å². The molecule has 0 aliphatic heterocycles. The van der Waals surface area contributed by atoms with Crippen LogP contribution in [0.3, 0.4) is 0 Å². The maximum atomic E-state index is 13.6. The van der Waals surface area contributed by atoms with E-state index < -0.39 is 24.5 Å². The molecule has 4 rings (SSSR count). The Labute approximate surface area is 201 Å². The first-order chi connectivity index (χ1) is 16.6. The number of fused-ring (bicyclic) bond motifs is 3. The third-order valence-corrected chi connectivity index (χ3v) is 6.42. The summed E-state index contributed by atoms with van der Waals surface area (Å²) >= 11 is 0. The maximum Gasteiger partial charge on any atom is 0.509 e. The summed E-state index contributed by atoms with van der Waals surface area (Å²) < 4.78 is 51.0. The number of benzene rings is 3. The summed E-state index contributed by atoms with van der Waals surface area (Å²) in [5, 5.41) is 0. The Morgan fingerprint density at radius 2 is 1.54 bits per heavy atom. The van der Waals surface area contributed by atoms with Gasteiger partial charge in [0.2, 0.25) is 0 Å². The number of esters is 1. The summed E-state index contributed by atoms with van der Waals surface area (Å²) in [7, 11) is 2.52. The zero-order valence-corrected chi connectivity index (χ0v) is 19.6. The maximum absolute atomic E-state index is 13.6. The summed E-state index contributed by atoms with van der Waals surface area (Å²) in [6.45, 7) is -3.76. The molecule has 5 nitrogen and oxygen atoms in total. The number of nitrogens with zero attached hydrogens (tertiary/aromatic N) is 1. The van der Waals surface area contributed by atoms with E-state index in [1.807, 2.05) is 48.5 Å². The molecule has 1 aliphatic carbocycles. The smallest absolute Gasteiger partial charge is 0.469 e. The van der Waals surface area contributed by atoms with Crippen molar-refractivity contribution in [2.45, 2.75) is 19.3 Å². The highest BCUT2D eigenvalue weighted by Gasteiger charge is 2.31. The number of ether oxygens (including phenoxy) is 2. The Balaban J connectivity index is 1.60. The third-order valence-electron chi connectivity index (χ3n) is 6.42. The molecule has 35 heavy (non-hydrogen) atoms. The van der Waals surface area contributed by atoms with Crippen LogP contribution in [0.1, 0.15) is 28.2 Å². The number of amides is 1. The van der Waals surface area contributed by atoms with Crippen molar-refractivity contribution in [2.75, 3.05) is 25.7 Å². The van der Waals surface area contributed by atoms with E-state index in [-0.39, 0.29) is 30.2 Å². The molecule has 1 amide bonds. The molecule has 1 aliphatic rings. The average Bonchev–Trinajstić information content (AvgIpc) is 3.16. The molecule has 0 atom stereocenters. The second-order valence-electron chi connectivity index (χ2n) is 8.51. The zero-order valence-electron chi connectivity index (χ0n) is 19.6. The molecule has 3 aromatic carbocycles. The van der Waals surface area contributed by atoms with E-state index in [9.17, 15) is 22.5 Å². The lowest BCUT2D eigenvalue weighted by atomic mass is 9.77. The van der Waals surface area contributed by atoms with Crippen LogP contribution in [0.5, 0.6) is 0 Å². The Morgan fingerprint density at radius 3 is 2.09 bits per heavy atom. The number of methoxy groups -OCH3 is 1. The molecule has 182 valence electrons. The van der Waals surface area contributed by atoms with Crippen LogP contribution >= 0.6 is 0 Å². The standard InChI is InChI=1S/C26H24BF3NO4/c1-16-17(13-25(32)34-3)12-18(27(28,29)30)14-24(16)31(2)26(33)35-15-23-21-10-6-4-8-19(21)20-9-5-7-11-22(20)23/h4-12,14,23H,13,15H2,1-3H3/q-1. The molecule has 0 saturated carbocycles. The summed E-state index contributed by atoms with van der Waals surface area (Å²) in [4.78, 5) is 25.8. The van der Waals surface area contributed by atoms with Crippen molar-refractivity contribution in [1.29, 1.82) is 0 Å². The third kappa shape index (κ3) is 4.76. The van der Waals surface area contributed by atoms with Crippen molar-refractivity contribution in [3.05, 3.63) is 82.9 Å². The van der Waals surface area contributed by atoms with Crippen LogP contribution < -0.4 is 10.4 Å². The summed E-state index contributed by atoms with van der Waals surface area (Å²) in [6.07, 6.45) is -1.13. The molecule has 3 aromatic rings. The lowest BCUT2D eigenvalue weighted by Crippen LogP contribution is -2.37. The van der Waals surface area contributed by atoms with Gasteiger partial charge in [0.05, 0.1) is 13.5 Å². The zero-order chi connectivity index (χ0) is 25.3. The van der Waals surface area contributed by atoms with Crippen LogP contribution in [0.25, 0.3) is 11.1 Å². The van der Waals surface area contributed by atoms with E-state index in [1.165, 1.54) is 14.2 Å². The van der Waals surface area contributed by atoms with Gasteiger partial charge >= 0.3 is 19.0 Å². The van der Waals surface area contributed by atoms with Crippen LogP contribution in [-0.4, -0.2) is 39.8 Å². The first-order valence-electron chi connectivity index (χ1n) is 11.1. The Hall–Kier alpha value is -3.75. The minimum Gasteiger partial charge on any atom is -0.469 e. The number of carbonyl (C=O) groups excluding carboxylic acids is 2. The number of carbonyl (C=O) groups is 2. The largest absolute Gasteiger partial charge is 0.509 e.